The maximum atomic E-state index is 12.1. The summed E-state index contributed by atoms with van der Waals surface area (Å²) in [5.74, 6) is -0.295. The number of carbonyl (C=O) groups excluding carboxylic acids is 2. The molecule has 0 fully saturated rings. The Morgan fingerprint density at radius 3 is 2.35 bits per heavy atom. The van der Waals surface area contributed by atoms with E-state index in [0.717, 1.165) is 0 Å². The predicted octanol–water partition coefficient (Wildman–Crippen LogP) is 5.40. The highest BCUT2D eigenvalue weighted by atomic mass is 35.5. The average molecular weight is 478 g/mol. The molecule has 0 aliphatic carbocycles. The topological polar surface area (TPSA) is 77.0 Å². The third-order valence-electron chi connectivity index (χ3n) is 3.85. The third-order valence-corrected chi connectivity index (χ3v) is 4.90. The number of amides is 1. The third kappa shape index (κ3) is 6.72. The fourth-order valence-corrected chi connectivity index (χ4v) is 2.80. The van der Waals surface area contributed by atoms with E-state index in [2.05, 4.69) is 10.5 Å². The number of esters is 1. The van der Waals surface area contributed by atoms with E-state index in [1.165, 1.54) is 6.21 Å². The molecule has 0 radical (unpaired) electrons. The van der Waals surface area contributed by atoms with Crippen LogP contribution < -0.4 is 14.9 Å². The zero-order valence-corrected chi connectivity index (χ0v) is 18.1. The van der Waals surface area contributed by atoms with Gasteiger partial charge in [-0.15, -0.1) is 0 Å². The molecule has 0 saturated carbocycles. The van der Waals surface area contributed by atoms with Gasteiger partial charge in [-0.2, -0.15) is 5.10 Å². The van der Waals surface area contributed by atoms with Crippen molar-refractivity contribution in [3.8, 4) is 11.5 Å². The number of benzene rings is 3. The zero-order valence-electron chi connectivity index (χ0n) is 15.8. The molecular weight excluding hydrogens is 463 g/mol. The molecule has 3 aromatic carbocycles. The van der Waals surface area contributed by atoms with Crippen LogP contribution in [0.15, 0.2) is 71.8 Å². The van der Waals surface area contributed by atoms with Crippen molar-refractivity contribution in [1.82, 2.24) is 5.43 Å². The van der Waals surface area contributed by atoms with Gasteiger partial charge in [0.05, 0.1) is 16.8 Å². The van der Waals surface area contributed by atoms with E-state index in [4.69, 9.17) is 44.3 Å². The maximum absolute atomic E-state index is 12.1. The Morgan fingerprint density at radius 1 is 0.935 bits per heavy atom. The van der Waals surface area contributed by atoms with Gasteiger partial charge in [-0.3, -0.25) is 4.79 Å². The van der Waals surface area contributed by atoms with Gasteiger partial charge in [-0.25, -0.2) is 10.2 Å². The molecule has 0 atom stereocenters. The van der Waals surface area contributed by atoms with Gasteiger partial charge in [0, 0.05) is 5.02 Å². The van der Waals surface area contributed by atoms with Crippen LogP contribution in [0.1, 0.15) is 15.9 Å². The van der Waals surface area contributed by atoms with E-state index in [1.807, 2.05) is 0 Å². The molecule has 9 heteroatoms. The van der Waals surface area contributed by atoms with Gasteiger partial charge in [0.15, 0.2) is 6.61 Å². The van der Waals surface area contributed by atoms with Gasteiger partial charge >= 0.3 is 5.97 Å². The molecule has 6 nitrogen and oxygen atoms in total. The van der Waals surface area contributed by atoms with Crippen molar-refractivity contribution in [3.05, 3.63) is 92.9 Å². The van der Waals surface area contributed by atoms with E-state index in [9.17, 15) is 9.59 Å². The molecule has 0 aromatic heterocycles. The molecular formula is C22H15Cl3N2O4. The summed E-state index contributed by atoms with van der Waals surface area (Å²) in [6, 6.07) is 17.9. The van der Waals surface area contributed by atoms with Gasteiger partial charge in [-0.05, 0) is 66.2 Å². The van der Waals surface area contributed by atoms with Crippen molar-refractivity contribution in [2.45, 2.75) is 0 Å². The summed E-state index contributed by atoms with van der Waals surface area (Å²) in [4.78, 5) is 23.9. The van der Waals surface area contributed by atoms with Crippen molar-refractivity contribution in [2.75, 3.05) is 6.61 Å². The summed E-state index contributed by atoms with van der Waals surface area (Å²) >= 11 is 17.7. The van der Waals surface area contributed by atoms with Crippen molar-refractivity contribution >= 4 is 52.9 Å². The van der Waals surface area contributed by atoms with Crippen LogP contribution in [0.2, 0.25) is 15.1 Å². The molecule has 0 aliphatic heterocycles. The Labute approximate surface area is 193 Å². The first kappa shape index (κ1) is 22.6. The number of hydrogen-bond acceptors (Lipinski definition) is 5. The fourth-order valence-electron chi connectivity index (χ4n) is 2.32. The number of halogens is 3. The predicted molar refractivity (Wildman–Crippen MR) is 121 cm³/mol. The highest BCUT2D eigenvalue weighted by Crippen LogP contribution is 2.31. The van der Waals surface area contributed by atoms with E-state index in [1.54, 1.807) is 66.7 Å². The van der Waals surface area contributed by atoms with E-state index in [-0.39, 0.29) is 11.6 Å². The highest BCUT2D eigenvalue weighted by Gasteiger charge is 2.09. The Balaban J connectivity index is 1.47. The number of nitrogens with zero attached hydrogens (tertiary/aromatic N) is 1. The molecule has 0 heterocycles. The molecule has 158 valence electrons. The molecule has 3 aromatic rings. The number of hydrazone groups is 1. The normalized spacial score (nSPS) is 10.7. The number of nitrogens with one attached hydrogen (secondary N) is 1. The van der Waals surface area contributed by atoms with Crippen molar-refractivity contribution < 1.29 is 19.1 Å². The molecule has 31 heavy (non-hydrogen) atoms. The van der Waals surface area contributed by atoms with E-state index >= 15 is 0 Å². The maximum Gasteiger partial charge on any atom is 0.343 e. The summed E-state index contributed by atoms with van der Waals surface area (Å²) < 4.78 is 10.6. The van der Waals surface area contributed by atoms with Gasteiger partial charge in [-0.1, -0.05) is 40.9 Å². The van der Waals surface area contributed by atoms with Crippen molar-refractivity contribution in [3.63, 3.8) is 0 Å². The fraction of sp³-hybridized carbons (Fsp3) is 0.0455. The lowest BCUT2D eigenvalue weighted by Crippen LogP contribution is -2.24. The van der Waals surface area contributed by atoms with Crippen LogP contribution in [0.25, 0.3) is 0 Å². The second kappa shape index (κ2) is 10.8. The molecule has 1 N–H and O–H groups in total. The lowest BCUT2D eigenvalue weighted by Gasteiger charge is -2.07. The number of hydrogen-bond donors (Lipinski definition) is 1. The second-order valence-corrected chi connectivity index (χ2v) is 7.32. The summed E-state index contributed by atoms with van der Waals surface area (Å²) in [5, 5.41) is 4.96. The summed E-state index contributed by atoms with van der Waals surface area (Å²) in [7, 11) is 0. The zero-order chi connectivity index (χ0) is 22.2. The number of rotatable bonds is 7. The van der Waals surface area contributed by atoms with Crippen LogP contribution in [0.4, 0.5) is 0 Å². The van der Waals surface area contributed by atoms with Crippen LogP contribution >= 0.6 is 34.8 Å². The van der Waals surface area contributed by atoms with Crippen molar-refractivity contribution in [1.29, 1.82) is 0 Å². The van der Waals surface area contributed by atoms with Gasteiger partial charge in [0.25, 0.3) is 5.91 Å². The Kier molecular flexibility index (Phi) is 7.89. The Hall–Kier alpha value is -3.06. The molecule has 0 aliphatic rings. The SMILES string of the molecule is O=C(COc1cccc(Cl)c1Cl)N/N=C\c1ccc(OC(=O)c2ccc(Cl)cc2)cc1. The monoisotopic (exact) mass is 476 g/mol. The highest BCUT2D eigenvalue weighted by molar-refractivity contribution is 6.42. The first-order valence-corrected chi connectivity index (χ1v) is 10.0. The Bertz CT molecular complexity index is 1100. The van der Waals surface area contributed by atoms with Crippen LogP contribution in [0, 0.1) is 0 Å². The summed E-state index contributed by atoms with van der Waals surface area (Å²) in [6.45, 7) is -0.281. The first-order chi connectivity index (χ1) is 14.9. The largest absolute Gasteiger partial charge is 0.482 e. The lowest BCUT2D eigenvalue weighted by atomic mass is 10.2. The van der Waals surface area contributed by atoms with Crippen LogP contribution in [-0.2, 0) is 4.79 Å². The Morgan fingerprint density at radius 2 is 1.65 bits per heavy atom. The van der Waals surface area contributed by atoms with Gasteiger partial charge in [0.2, 0.25) is 0 Å². The van der Waals surface area contributed by atoms with Gasteiger partial charge < -0.3 is 9.47 Å². The van der Waals surface area contributed by atoms with Crippen molar-refractivity contribution in [2.24, 2.45) is 5.10 Å². The molecule has 0 spiro atoms. The first-order valence-electron chi connectivity index (χ1n) is 8.89. The van der Waals surface area contributed by atoms with Gasteiger partial charge in [0.1, 0.15) is 16.5 Å². The number of carbonyl (C=O) groups is 2. The number of ether oxygens (including phenoxy) is 2. The second-order valence-electron chi connectivity index (χ2n) is 6.10. The smallest absolute Gasteiger partial charge is 0.343 e. The molecule has 3 rings (SSSR count). The summed E-state index contributed by atoms with van der Waals surface area (Å²) in [6.07, 6.45) is 1.44. The molecule has 0 bridgehead atoms. The minimum absolute atomic E-state index is 0.234. The van der Waals surface area contributed by atoms with Crippen LogP contribution in [-0.4, -0.2) is 24.7 Å². The minimum Gasteiger partial charge on any atom is -0.482 e. The summed E-state index contributed by atoms with van der Waals surface area (Å²) in [5.41, 5.74) is 3.42. The minimum atomic E-state index is -0.495. The van der Waals surface area contributed by atoms with Crippen LogP contribution in [0.5, 0.6) is 11.5 Å². The lowest BCUT2D eigenvalue weighted by molar-refractivity contribution is -0.123. The molecule has 1 amide bonds. The standard InChI is InChI=1S/C22H15Cl3N2O4/c23-16-8-6-15(7-9-16)22(29)31-17-10-4-14(5-11-17)12-26-27-20(28)13-30-19-3-1-2-18(24)21(19)25/h1-12H,13H2,(H,27,28)/b26-12-. The van der Waals surface area contributed by atoms with E-state index in [0.29, 0.717) is 32.7 Å². The molecule has 0 unspecified atom stereocenters. The quantitative estimate of drug-likeness (QED) is 0.214. The van der Waals surface area contributed by atoms with Crippen LogP contribution in [0.3, 0.4) is 0 Å². The molecule has 0 saturated heterocycles. The average Bonchev–Trinajstić information content (AvgIpc) is 2.76. The van der Waals surface area contributed by atoms with E-state index < -0.39 is 11.9 Å².